The molecular weight excluding hydrogens is 430 g/mol. The SMILES string of the molecule is CC(C)CO[C@@H]([C@H](C)OC(=O)[C@H](CO)NC(=O)OC(C)(C)C)[C@@H](Cc1ccccc1)C(=O)O. The van der Waals surface area contributed by atoms with Crippen LogP contribution in [-0.2, 0) is 30.2 Å². The number of carboxylic acids is 1. The highest BCUT2D eigenvalue weighted by molar-refractivity contribution is 5.81. The maximum absolute atomic E-state index is 12.6. The zero-order valence-electron chi connectivity index (χ0n) is 20.2. The number of amides is 1. The second-order valence-corrected chi connectivity index (χ2v) is 9.35. The van der Waals surface area contributed by atoms with Crippen molar-refractivity contribution in [1.29, 1.82) is 0 Å². The largest absolute Gasteiger partial charge is 0.481 e. The van der Waals surface area contributed by atoms with E-state index in [9.17, 15) is 24.6 Å². The molecule has 9 heteroatoms. The lowest BCUT2D eigenvalue weighted by molar-refractivity contribution is -0.170. The molecule has 9 nitrogen and oxygen atoms in total. The third kappa shape index (κ3) is 10.7. The van der Waals surface area contributed by atoms with Gasteiger partial charge in [-0.25, -0.2) is 9.59 Å². The average Bonchev–Trinajstić information content (AvgIpc) is 2.70. The Morgan fingerprint density at radius 2 is 1.67 bits per heavy atom. The maximum Gasteiger partial charge on any atom is 0.408 e. The first-order valence-corrected chi connectivity index (χ1v) is 11.0. The molecule has 33 heavy (non-hydrogen) atoms. The number of hydrogen-bond donors (Lipinski definition) is 3. The van der Waals surface area contributed by atoms with E-state index in [-0.39, 0.29) is 18.9 Å². The van der Waals surface area contributed by atoms with Crippen molar-refractivity contribution in [1.82, 2.24) is 5.32 Å². The molecule has 1 aromatic rings. The minimum Gasteiger partial charge on any atom is -0.481 e. The van der Waals surface area contributed by atoms with Crippen LogP contribution in [0.4, 0.5) is 4.79 Å². The Labute approximate surface area is 195 Å². The minimum atomic E-state index is -1.37. The number of aliphatic hydroxyl groups is 1. The molecule has 186 valence electrons. The molecule has 0 heterocycles. The van der Waals surface area contributed by atoms with E-state index in [2.05, 4.69) is 5.32 Å². The minimum absolute atomic E-state index is 0.126. The second-order valence-electron chi connectivity index (χ2n) is 9.35. The van der Waals surface area contributed by atoms with Gasteiger partial charge in [0, 0.05) is 6.61 Å². The summed E-state index contributed by atoms with van der Waals surface area (Å²) in [5, 5.41) is 21.7. The van der Waals surface area contributed by atoms with Gasteiger partial charge in [0.05, 0.1) is 12.5 Å². The van der Waals surface area contributed by atoms with Gasteiger partial charge in [0.15, 0.2) is 6.04 Å². The predicted molar refractivity (Wildman–Crippen MR) is 122 cm³/mol. The summed E-state index contributed by atoms with van der Waals surface area (Å²) in [6, 6.07) is 7.73. The van der Waals surface area contributed by atoms with Gasteiger partial charge in [-0.15, -0.1) is 0 Å². The summed E-state index contributed by atoms with van der Waals surface area (Å²) in [7, 11) is 0. The highest BCUT2D eigenvalue weighted by Crippen LogP contribution is 2.22. The molecule has 3 N–H and O–H groups in total. The van der Waals surface area contributed by atoms with E-state index in [0.717, 1.165) is 5.56 Å². The third-order valence-electron chi connectivity index (χ3n) is 4.56. The van der Waals surface area contributed by atoms with Gasteiger partial charge in [-0.2, -0.15) is 0 Å². The number of esters is 1. The Bertz CT molecular complexity index is 759. The Hall–Kier alpha value is -2.65. The van der Waals surface area contributed by atoms with Gasteiger partial charge in [-0.1, -0.05) is 44.2 Å². The molecule has 0 aromatic heterocycles. The first kappa shape index (κ1) is 28.4. The Kier molecular flexibility index (Phi) is 11.3. The molecule has 1 aromatic carbocycles. The summed E-state index contributed by atoms with van der Waals surface area (Å²) < 4.78 is 16.4. The molecule has 1 rings (SSSR count). The highest BCUT2D eigenvalue weighted by atomic mass is 16.6. The molecule has 1 amide bonds. The molecule has 0 saturated heterocycles. The average molecular weight is 468 g/mol. The van der Waals surface area contributed by atoms with Crippen LogP contribution in [0.1, 0.15) is 47.1 Å². The van der Waals surface area contributed by atoms with Gasteiger partial charge in [-0.3, -0.25) is 4.79 Å². The van der Waals surface area contributed by atoms with E-state index in [1.54, 1.807) is 20.8 Å². The lowest BCUT2D eigenvalue weighted by Crippen LogP contribution is -2.49. The van der Waals surface area contributed by atoms with Crippen molar-refractivity contribution >= 4 is 18.0 Å². The number of carbonyl (C=O) groups excluding carboxylic acids is 2. The number of carbonyl (C=O) groups is 3. The van der Waals surface area contributed by atoms with E-state index in [1.165, 1.54) is 6.92 Å². The number of alkyl carbamates (subject to hydrolysis) is 1. The van der Waals surface area contributed by atoms with Crippen LogP contribution in [0.15, 0.2) is 30.3 Å². The van der Waals surface area contributed by atoms with Gasteiger partial charge in [-0.05, 0) is 45.6 Å². The zero-order chi connectivity index (χ0) is 25.2. The summed E-state index contributed by atoms with van der Waals surface area (Å²) in [6.45, 7) is 9.93. The quantitative estimate of drug-likeness (QED) is 0.400. The fraction of sp³-hybridized carbons (Fsp3) is 0.625. The van der Waals surface area contributed by atoms with Crippen LogP contribution in [-0.4, -0.2) is 65.3 Å². The third-order valence-corrected chi connectivity index (χ3v) is 4.56. The lowest BCUT2D eigenvalue weighted by Gasteiger charge is -2.31. The van der Waals surface area contributed by atoms with Crippen molar-refractivity contribution in [3.05, 3.63) is 35.9 Å². The van der Waals surface area contributed by atoms with Crippen LogP contribution in [0.2, 0.25) is 0 Å². The Morgan fingerprint density at radius 1 is 1.06 bits per heavy atom. The fourth-order valence-electron chi connectivity index (χ4n) is 3.06. The smallest absolute Gasteiger partial charge is 0.408 e. The molecule has 0 radical (unpaired) electrons. The molecule has 0 aliphatic carbocycles. The molecule has 0 fully saturated rings. The Balaban J connectivity index is 2.99. The topological polar surface area (TPSA) is 131 Å². The van der Waals surface area contributed by atoms with E-state index in [4.69, 9.17) is 14.2 Å². The standard InChI is InChI=1S/C24H37NO8/c1-15(2)14-31-20(18(21(27)28)12-17-10-8-7-9-11-17)16(3)32-22(29)19(13-26)25-23(30)33-24(4,5)6/h7-11,15-16,18-20,26H,12-14H2,1-6H3,(H,25,30)(H,27,28)/t16-,18+,19-,20-/m0/s1. The molecule has 0 aliphatic heterocycles. The Morgan fingerprint density at radius 3 is 2.15 bits per heavy atom. The first-order chi connectivity index (χ1) is 15.3. The fourth-order valence-corrected chi connectivity index (χ4v) is 3.06. The molecule has 0 spiro atoms. The van der Waals surface area contributed by atoms with E-state index in [1.807, 2.05) is 44.2 Å². The zero-order valence-corrected chi connectivity index (χ0v) is 20.2. The van der Waals surface area contributed by atoms with Gasteiger partial charge in [0.1, 0.15) is 17.8 Å². The van der Waals surface area contributed by atoms with Crippen LogP contribution in [0.25, 0.3) is 0 Å². The van der Waals surface area contributed by atoms with Crippen molar-refractivity contribution in [3.63, 3.8) is 0 Å². The lowest BCUT2D eigenvalue weighted by atomic mass is 9.91. The predicted octanol–water partition coefficient (Wildman–Crippen LogP) is 2.79. The molecular formula is C24H37NO8. The summed E-state index contributed by atoms with van der Waals surface area (Å²) in [5.74, 6) is -2.86. The number of nitrogens with one attached hydrogen (secondary N) is 1. The summed E-state index contributed by atoms with van der Waals surface area (Å²) in [4.78, 5) is 36.7. The normalized spacial score (nSPS) is 15.3. The number of benzene rings is 1. The van der Waals surface area contributed by atoms with Crippen LogP contribution in [0, 0.1) is 11.8 Å². The number of carboxylic acid groups (broad SMARTS) is 1. The van der Waals surface area contributed by atoms with Crippen molar-refractivity contribution < 1.29 is 38.8 Å². The van der Waals surface area contributed by atoms with E-state index < -0.39 is 54.4 Å². The monoisotopic (exact) mass is 467 g/mol. The molecule has 0 aliphatic rings. The highest BCUT2D eigenvalue weighted by Gasteiger charge is 2.37. The van der Waals surface area contributed by atoms with Crippen molar-refractivity contribution in [2.75, 3.05) is 13.2 Å². The van der Waals surface area contributed by atoms with Crippen LogP contribution >= 0.6 is 0 Å². The summed E-state index contributed by atoms with van der Waals surface area (Å²) in [5.41, 5.74) is 0.0184. The van der Waals surface area contributed by atoms with Crippen LogP contribution in [0.3, 0.4) is 0 Å². The summed E-state index contributed by atoms with van der Waals surface area (Å²) in [6.07, 6.45) is -2.61. The molecule has 0 unspecified atom stereocenters. The van der Waals surface area contributed by atoms with E-state index >= 15 is 0 Å². The number of aliphatic carboxylic acids is 1. The number of rotatable bonds is 12. The maximum atomic E-state index is 12.6. The molecule has 4 atom stereocenters. The number of ether oxygens (including phenoxy) is 3. The van der Waals surface area contributed by atoms with Crippen LogP contribution in [0.5, 0.6) is 0 Å². The van der Waals surface area contributed by atoms with Crippen molar-refractivity contribution in [2.45, 2.75) is 71.8 Å². The number of hydrogen-bond acceptors (Lipinski definition) is 7. The molecule has 0 bridgehead atoms. The first-order valence-electron chi connectivity index (χ1n) is 11.0. The van der Waals surface area contributed by atoms with Crippen molar-refractivity contribution in [3.8, 4) is 0 Å². The van der Waals surface area contributed by atoms with Gasteiger partial charge >= 0.3 is 18.0 Å². The summed E-state index contributed by atoms with van der Waals surface area (Å²) >= 11 is 0. The van der Waals surface area contributed by atoms with Gasteiger partial charge in [0.25, 0.3) is 0 Å². The van der Waals surface area contributed by atoms with Gasteiger partial charge < -0.3 is 29.7 Å². The number of aliphatic hydroxyl groups excluding tert-OH is 1. The molecule has 0 saturated carbocycles. The van der Waals surface area contributed by atoms with Crippen molar-refractivity contribution in [2.24, 2.45) is 11.8 Å². The van der Waals surface area contributed by atoms with Crippen LogP contribution < -0.4 is 5.32 Å². The van der Waals surface area contributed by atoms with Gasteiger partial charge in [0.2, 0.25) is 0 Å². The second kappa shape index (κ2) is 13.2. The van der Waals surface area contributed by atoms with E-state index in [0.29, 0.717) is 0 Å².